The minimum atomic E-state index is -0.405. The van der Waals surface area contributed by atoms with Crippen LogP contribution < -0.4 is 10.1 Å². The highest BCUT2D eigenvalue weighted by atomic mass is 16.6. The Bertz CT molecular complexity index is 528. The molecule has 0 aliphatic heterocycles. The Morgan fingerprint density at radius 2 is 2.14 bits per heavy atom. The van der Waals surface area contributed by atoms with E-state index >= 15 is 0 Å². The van der Waals surface area contributed by atoms with Crippen molar-refractivity contribution in [2.75, 3.05) is 12.4 Å². The number of non-ortho nitro benzene ring substituents is 1. The summed E-state index contributed by atoms with van der Waals surface area (Å²) in [6, 6.07) is 5.11. The number of anilines is 1. The molecule has 1 aliphatic carbocycles. The number of benzene rings is 1. The molecular formula is C16H24N2O3. The van der Waals surface area contributed by atoms with Crippen molar-refractivity contribution in [1.82, 2.24) is 0 Å². The second kappa shape index (κ2) is 5.92. The third-order valence-electron chi connectivity index (χ3n) is 4.43. The summed E-state index contributed by atoms with van der Waals surface area (Å²) in [6.07, 6.45) is 3.47. The highest BCUT2D eigenvalue weighted by molar-refractivity contribution is 5.61. The Morgan fingerprint density at radius 3 is 2.71 bits per heavy atom. The molecule has 2 rings (SSSR count). The molecule has 1 aliphatic rings. The summed E-state index contributed by atoms with van der Waals surface area (Å²) in [7, 11) is 1.54. The largest absolute Gasteiger partial charge is 0.494 e. The predicted octanol–water partition coefficient (Wildman–Crippen LogP) is 4.23. The maximum Gasteiger partial charge on any atom is 0.273 e. The summed E-state index contributed by atoms with van der Waals surface area (Å²) in [5.41, 5.74) is 1.28. The van der Waals surface area contributed by atoms with Gasteiger partial charge in [-0.25, -0.2) is 0 Å². The minimum Gasteiger partial charge on any atom is -0.494 e. The van der Waals surface area contributed by atoms with Crippen molar-refractivity contribution in [3.63, 3.8) is 0 Å². The smallest absolute Gasteiger partial charge is 0.273 e. The quantitative estimate of drug-likeness (QED) is 0.666. The van der Waals surface area contributed by atoms with Gasteiger partial charge >= 0.3 is 0 Å². The van der Waals surface area contributed by atoms with Gasteiger partial charge in [0.15, 0.2) is 0 Å². The third kappa shape index (κ3) is 3.65. The molecule has 0 radical (unpaired) electrons. The first kappa shape index (κ1) is 15.6. The molecule has 0 saturated heterocycles. The van der Waals surface area contributed by atoms with E-state index in [4.69, 9.17) is 4.74 Å². The van der Waals surface area contributed by atoms with Gasteiger partial charge in [-0.2, -0.15) is 0 Å². The summed E-state index contributed by atoms with van der Waals surface area (Å²) in [5.74, 6) is 1.09. The monoisotopic (exact) mass is 292 g/mol. The molecule has 2 unspecified atom stereocenters. The van der Waals surface area contributed by atoms with Gasteiger partial charge < -0.3 is 10.1 Å². The number of nitro benzene ring substituents is 1. The van der Waals surface area contributed by atoms with E-state index in [9.17, 15) is 10.1 Å². The zero-order valence-electron chi connectivity index (χ0n) is 13.2. The van der Waals surface area contributed by atoms with Crippen LogP contribution >= 0.6 is 0 Å². The first-order chi connectivity index (χ1) is 9.82. The fourth-order valence-corrected chi connectivity index (χ4v) is 3.27. The van der Waals surface area contributed by atoms with Crippen LogP contribution in [0.25, 0.3) is 0 Å². The maximum absolute atomic E-state index is 10.8. The van der Waals surface area contributed by atoms with Crippen LogP contribution in [0.15, 0.2) is 18.2 Å². The number of hydrogen-bond donors (Lipinski definition) is 1. The first-order valence-electron chi connectivity index (χ1n) is 7.41. The molecule has 21 heavy (non-hydrogen) atoms. The van der Waals surface area contributed by atoms with Gasteiger partial charge in [-0.3, -0.25) is 10.1 Å². The zero-order chi connectivity index (χ0) is 15.6. The fraction of sp³-hybridized carbons (Fsp3) is 0.625. The normalized spacial score (nSPS) is 24.4. The summed E-state index contributed by atoms with van der Waals surface area (Å²) in [6.45, 7) is 6.88. The van der Waals surface area contributed by atoms with Crippen LogP contribution in [0.1, 0.15) is 40.0 Å². The van der Waals surface area contributed by atoms with Gasteiger partial charge in [-0.1, -0.05) is 20.8 Å². The maximum atomic E-state index is 10.8. The first-order valence-corrected chi connectivity index (χ1v) is 7.41. The molecule has 5 nitrogen and oxygen atoms in total. The van der Waals surface area contributed by atoms with Crippen LogP contribution in [-0.4, -0.2) is 18.1 Å². The van der Waals surface area contributed by atoms with Crippen molar-refractivity contribution in [1.29, 1.82) is 0 Å². The lowest BCUT2D eigenvalue weighted by Crippen LogP contribution is -2.36. The van der Waals surface area contributed by atoms with E-state index in [2.05, 4.69) is 26.1 Å². The number of hydrogen-bond acceptors (Lipinski definition) is 4. The van der Waals surface area contributed by atoms with Gasteiger partial charge in [0.25, 0.3) is 5.69 Å². The van der Waals surface area contributed by atoms with E-state index in [-0.39, 0.29) is 5.69 Å². The molecule has 0 bridgehead atoms. The molecule has 5 heteroatoms. The van der Waals surface area contributed by atoms with Gasteiger partial charge in [-0.15, -0.1) is 0 Å². The molecule has 1 saturated carbocycles. The Hall–Kier alpha value is -1.78. The Kier molecular flexibility index (Phi) is 4.40. The molecule has 1 N–H and O–H groups in total. The Balaban J connectivity index is 2.14. The number of nitrogens with one attached hydrogen (secondary N) is 1. The zero-order valence-corrected chi connectivity index (χ0v) is 13.2. The number of nitro groups is 1. The highest BCUT2D eigenvalue weighted by Crippen LogP contribution is 2.40. The molecule has 116 valence electrons. The third-order valence-corrected chi connectivity index (χ3v) is 4.43. The van der Waals surface area contributed by atoms with E-state index in [1.807, 2.05) is 0 Å². The molecule has 0 amide bonds. The van der Waals surface area contributed by atoms with Crippen LogP contribution in [0, 0.1) is 21.4 Å². The lowest BCUT2D eigenvalue weighted by molar-refractivity contribution is -0.384. The summed E-state index contributed by atoms with van der Waals surface area (Å²) < 4.78 is 5.29. The van der Waals surface area contributed by atoms with E-state index in [1.165, 1.54) is 32.1 Å². The summed E-state index contributed by atoms with van der Waals surface area (Å²) in [4.78, 5) is 10.4. The number of methoxy groups -OCH3 is 1. The van der Waals surface area contributed by atoms with Crippen molar-refractivity contribution >= 4 is 11.4 Å². The Labute approximate surface area is 125 Å². The van der Waals surface area contributed by atoms with Crippen molar-refractivity contribution in [2.24, 2.45) is 11.3 Å². The van der Waals surface area contributed by atoms with Crippen molar-refractivity contribution in [2.45, 2.75) is 46.1 Å². The second-order valence-electron chi connectivity index (χ2n) is 6.78. The van der Waals surface area contributed by atoms with E-state index in [0.717, 1.165) is 12.1 Å². The standard InChI is InChI=1S/C16H24N2O3/c1-11-10-16(2,3)8-7-13(11)17-14-6-5-12(18(19)20)9-15(14)21-4/h5-6,9,11,13,17H,7-8,10H2,1-4H3. The minimum absolute atomic E-state index is 0.0511. The Morgan fingerprint density at radius 1 is 1.43 bits per heavy atom. The molecule has 1 aromatic rings. The van der Waals surface area contributed by atoms with Crippen molar-refractivity contribution < 1.29 is 9.66 Å². The predicted molar refractivity (Wildman–Crippen MR) is 83.9 cm³/mol. The van der Waals surface area contributed by atoms with Crippen LogP contribution in [0.2, 0.25) is 0 Å². The number of nitrogens with zero attached hydrogens (tertiary/aromatic N) is 1. The molecular weight excluding hydrogens is 268 g/mol. The fourth-order valence-electron chi connectivity index (χ4n) is 3.27. The average Bonchev–Trinajstić information content (AvgIpc) is 2.41. The second-order valence-corrected chi connectivity index (χ2v) is 6.78. The lowest BCUT2D eigenvalue weighted by atomic mass is 9.70. The van der Waals surface area contributed by atoms with Gasteiger partial charge in [0.2, 0.25) is 0 Å². The summed E-state index contributed by atoms with van der Waals surface area (Å²) >= 11 is 0. The topological polar surface area (TPSA) is 64.4 Å². The van der Waals surface area contributed by atoms with E-state index < -0.39 is 4.92 Å². The van der Waals surface area contributed by atoms with Crippen molar-refractivity contribution in [3.05, 3.63) is 28.3 Å². The molecule has 2 atom stereocenters. The van der Waals surface area contributed by atoms with Crippen LogP contribution in [0.3, 0.4) is 0 Å². The number of rotatable bonds is 4. The van der Waals surface area contributed by atoms with Gasteiger partial charge in [-0.05, 0) is 36.7 Å². The van der Waals surface area contributed by atoms with Crippen LogP contribution in [0.5, 0.6) is 5.75 Å². The van der Waals surface area contributed by atoms with Crippen LogP contribution in [-0.2, 0) is 0 Å². The SMILES string of the molecule is COc1cc([N+](=O)[O-])ccc1NC1CCC(C)(C)CC1C. The van der Waals surface area contributed by atoms with Gasteiger partial charge in [0.1, 0.15) is 5.75 Å². The van der Waals surface area contributed by atoms with E-state index in [1.54, 1.807) is 6.07 Å². The molecule has 1 fully saturated rings. The van der Waals surface area contributed by atoms with E-state index in [0.29, 0.717) is 23.1 Å². The molecule has 0 spiro atoms. The van der Waals surface area contributed by atoms with Crippen LogP contribution in [0.4, 0.5) is 11.4 Å². The molecule has 0 heterocycles. The van der Waals surface area contributed by atoms with Gasteiger partial charge in [0.05, 0.1) is 23.8 Å². The molecule has 0 aromatic heterocycles. The number of ether oxygens (including phenoxy) is 1. The lowest BCUT2D eigenvalue weighted by Gasteiger charge is -2.40. The summed E-state index contributed by atoms with van der Waals surface area (Å²) in [5, 5.41) is 14.3. The van der Waals surface area contributed by atoms with Crippen molar-refractivity contribution in [3.8, 4) is 5.75 Å². The average molecular weight is 292 g/mol. The molecule has 1 aromatic carbocycles. The van der Waals surface area contributed by atoms with Gasteiger partial charge in [0, 0.05) is 12.1 Å². The highest BCUT2D eigenvalue weighted by Gasteiger charge is 2.32.